The quantitative estimate of drug-likeness (QED) is 0.550. The van der Waals surface area contributed by atoms with Crippen LogP contribution >= 0.6 is 24.0 Å². The number of rotatable bonds is 2. The molecule has 1 heterocycles. The second-order valence-electron chi connectivity index (χ2n) is 3.92. The average Bonchev–Trinajstić information content (AvgIpc) is 2.58. The minimum Gasteiger partial charge on any atom is -0.272 e. The minimum atomic E-state index is 0.0112. The van der Waals surface area contributed by atoms with Crippen molar-refractivity contribution in [3.63, 3.8) is 0 Å². The van der Waals surface area contributed by atoms with Gasteiger partial charge in [0, 0.05) is 6.21 Å². The van der Waals surface area contributed by atoms with E-state index in [0.717, 1.165) is 0 Å². The lowest BCUT2D eigenvalue weighted by atomic mass is 9.90. The van der Waals surface area contributed by atoms with Crippen LogP contribution in [0.2, 0.25) is 0 Å². The Morgan fingerprint density at radius 3 is 2.73 bits per heavy atom. The van der Waals surface area contributed by atoms with Gasteiger partial charge in [-0.05, 0) is 18.8 Å². The van der Waals surface area contributed by atoms with Gasteiger partial charge in [-0.15, -0.1) is 0 Å². The standard InChI is InChI=1S/C10H14N2OS2/c13-9-7-15-10(14)12(9)11-6-8-4-2-1-3-5-8/h6,8H,1-5,7H2. The van der Waals surface area contributed by atoms with Crippen molar-refractivity contribution in [3.05, 3.63) is 0 Å². The van der Waals surface area contributed by atoms with E-state index in [2.05, 4.69) is 5.10 Å². The van der Waals surface area contributed by atoms with Crippen LogP contribution in [0, 0.1) is 5.92 Å². The van der Waals surface area contributed by atoms with E-state index in [1.54, 1.807) is 0 Å². The van der Waals surface area contributed by atoms with Gasteiger partial charge < -0.3 is 0 Å². The molecule has 5 heteroatoms. The Morgan fingerprint density at radius 2 is 2.13 bits per heavy atom. The SMILES string of the molecule is O=C1CSC(=S)N1N=CC1CCCCC1. The Bertz CT molecular complexity index is 282. The second kappa shape index (κ2) is 5.07. The summed E-state index contributed by atoms with van der Waals surface area (Å²) in [5.41, 5.74) is 0. The van der Waals surface area contributed by atoms with Gasteiger partial charge in [0.2, 0.25) is 0 Å². The van der Waals surface area contributed by atoms with Crippen molar-refractivity contribution in [2.45, 2.75) is 32.1 Å². The normalized spacial score (nSPS) is 24.4. The van der Waals surface area contributed by atoms with Gasteiger partial charge in [0.15, 0.2) is 4.32 Å². The topological polar surface area (TPSA) is 32.7 Å². The maximum atomic E-state index is 11.4. The molecular weight excluding hydrogens is 228 g/mol. The highest BCUT2D eigenvalue weighted by atomic mass is 32.2. The lowest BCUT2D eigenvalue weighted by Crippen LogP contribution is -2.23. The van der Waals surface area contributed by atoms with E-state index in [-0.39, 0.29) is 5.91 Å². The fourth-order valence-corrected chi connectivity index (χ4v) is 2.87. The Labute approximate surface area is 99.3 Å². The molecule has 1 aliphatic heterocycles. The molecule has 1 saturated carbocycles. The van der Waals surface area contributed by atoms with Crippen LogP contribution in [-0.2, 0) is 4.79 Å². The minimum absolute atomic E-state index is 0.0112. The molecule has 0 radical (unpaired) electrons. The highest BCUT2D eigenvalue weighted by Gasteiger charge is 2.26. The van der Waals surface area contributed by atoms with Crippen molar-refractivity contribution in [3.8, 4) is 0 Å². The average molecular weight is 242 g/mol. The van der Waals surface area contributed by atoms with Crippen molar-refractivity contribution in [2.24, 2.45) is 11.0 Å². The van der Waals surface area contributed by atoms with Crippen molar-refractivity contribution in [1.82, 2.24) is 5.01 Å². The van der Waals surface area contributed by atoms with Crippen LogP contribution in [0.25, 0.3) is 0 Å². The number of thioether (sulfide) groups is 1. The molecule has 0 bridgehead atoms. The maximum absolute atomic E-state index is 11.4. The van der Waals surface area contributed by atoms with E-state index in [1.807, 2.05) is 6.21 Å². The third kappa shape index (κ3) is 2.78. The number of amides is 1. The first-order valence-electron chi connectivity index (χ1n) is 5.31. The second-order valence-corrected chi connectivity index (χ2v) is 5.53. The number of nitrogens with zero attached hydrogens (tertiary/aromatic N) is 2. The molecule has 0 atom stereocenters. The van der Waals surface area contributed by atoms with Crippen molar-refractivity contribution >= 4 is 40.4 Å². The van der Waals surface area contributed by atoms with Crippen LogP contribution in [-0.4, -0.2) is 27.2 Å². The predicted octanol–water partition coefficient (Wildman–Crippen LogP) is 2.41. The molecule has 0 aromatic rings. The van der Waals surface area contributed by atoms with E-state index < -0.39 is 0 Å². The van der Waals surface area contributed by atoms with Crippen molar-refractivity contribution in [1.29, 1.82) is 0 Å². The van der Waals surface area contributed by atoms with E-state index in [4.69, 9.17) is 12.2 Å². The summed E-state index contributed by atoms with van der Waals surface area (Å²) in [5.74, 6) is 0.998. The van der Waals surface area contributed by atoms with Crippen LogP contribution in [0.4, 0.5) is 0 Å². The largest absolute Gasteiger partial charge is 0.272 e. The summed E-state index contributed by atoms with van der Waals surface area (Å²) in [6, 6.07) is 0. The zero-order chi connectivity index (χ0) is 10.7. The van der Waals surface area contributed by atoms with Gasteiger partial charge in [0.05, 0.1) is 5.75 Å². The van der Waals surface area contributed by atoms with Crippen LogP contribution in [0.15, 0.2) is 5.10 Å². The Balaban J connectivity index is 1.91. The summed E-state index contributed by atoms with van der Waals surface area (Å²) in [5, 5.41) is 5.58. The molecule has 0 spiro atoms. The fourth-order valence-electron chi connectivity index (χ4n) is 1.90. The molecule has 0 aromatic heterocycles. The van der Waals surface area contributed by atoms with Gasteiger partial charge in [-0.3, -0.25) is 4.79 Å². The van der Waals surface area contributed by atoms with E-state index in [9.17, 15) is 4.79 Å². The van der Waals surface area contributed by atoms with Gasteiger partial charge in [0.25, 0.3) is 5.91 Å². The van der Waals surface area contributed by atoms with Crippen molar-refractivity contribution in [2.75, 3.05) is 5.75 Å². The van der Waals surface area contributed by atoms with Gasteiger partial charge in [-0.25, -0.2) is 0 Å². The summed E-state index contributed by atoms with van der Waals surface area (Å²) in [4.78, 5) is 11.4. The van der Waals surface area contributed by atoms with Crippen LogP contribution in [0.3, 0.4) is 0 Å². The first kappa shape index (κ1) is 11.1. The monoisotopic (exact) mass is 242 g/mol. The molecular formula is C10H14N2OS2. The molecule has 3 nitrogen and oxygen atoms in total. The zero-order valence-electron chi connectivity index (χ0n) is 8.52. The molecule has 1 amide bonds. The van der Waals surface area contributed by atoms with Crippen LogP contribution < -0.4 is 0 Å². The van der Waals surface area contributed by atoms with E-state index in [1.165, 1.54) is 48.9 Å². The third-order valence-corrected chi connectivity index (χ3v) is 4.11. The molecule has 0 unspecified atom stereocenters. The summed E-state index contributed by atoms with van der Waals surface area (Å²) in [7, 11) is 0. The Kier molecular flexibility index (Phi) is 3.75. The molecule has 1 aliphatic carbocycles. The number of hydrogen-bond acceptors (Lipinski definition) is 4. The summed E-state index contributed by atoms with van der Waals surface area (Å²) in [6.07, 6.45) is 8.21. The Hall–Kier alpha value is -0.420. The lowest BCUT2D eigenvalue weighted by Gasteiger charge is -2.17. The van der Waals surface area contributed by atoms with Crippen LogP contribution in [0.5, 0.6) is 0 Å². The highest BCUT2D eigenvalue weighted by molar-refractivity contribution is 8.23. The zero-order valence-corrected chi connectivity index (χ0v) is 10.1. The molecule has 1 saturated heterocycles. The first-order valence-corrected chi connectivity index (χ1v) is 6.70. The molecule has 2 rings (SSSR count). The van der Waals surface area contributed by atoms with Gasteiger partial charge in [0.1, 0.15) is 0 Å². The summed E-state index contributed by atoms with van der Waals surface area (Å²) >= 11 is 6.43. The molecule has 2 aliphatic rings. The predicted molar refractivity (Wildman–Crippen MR) is 67.0 cm³/mol. The highest BCUT2D eigenvalue weighted by Crippen LogP contribution is 2.23. The molecule has 82 valence electrons. The first-order chi connectivity index (χ1) is 7.27. The fraction of sp³-hybridized carbons (Fsp3) is 0.700. The molecule has 2 fully saturated rings. The van der Waals surface area contributed by atoms with Crippen molar-refractivity contribution < 1.29 is 4.79 Å². The Morgan fingerprint density at radius 1 is 1.40 bits per heavy atom. The number of carbonyl (C=O) groups is 1. The van der Waals surface area contributed by atoms with E-state index >= 15 is 0 Å². The number of hydrogen-bond donors (Lipinski definition) is 0. The van der Waals surface area contributed by atoms with E-state index in [0.29, 0.717) is 16.0 Å². The number of hydrazone groups is 1. The van der Waals surface area contributed by atoms with Crippen LogP contribution in [0.1, 0.15) is 32.1 Å². The smallest absolute Gasteiger partial charge is 0.259 e. The molecule has 0 N–H and O–H groups in total. The summed E-state index contributed by atoms with van der Waals surface area (Å²) in [6.45, 7) is 0. The third-order valence-electron chi connectivity index (χ3n) is 2.77. The van der Waals surface area contributed by atoms with Gasteiger partial charge in [-0.1, -0.05) is 43.2 Å². The molecule has 0 aromatic carbocycles. The summed E-state index contributed by atoms with van der Waals surface area (Å²) < 4.78 is 0.590. The number of carbonyl (C=O) groups excluding carboxylic acids is 1. The number of thiocarbonyl (C=S) groups is 1. The van der Waals surface area contributed by atoms with Gasteiger partial charge in [-0.2, -0.15) is 10.1 Å². The maximum Gasteiger partial charge on any atom is 0.259 e. The molecule has 15 heavy (non-hydrogen) atoms. The lowest BCUT2D eigenvalue weighted by molar-refractivity contribution is -0.124. The van der Waals surface area contributed by atoms with Gasteiger partial charge >= 0.3 is 0 Å².